The summed E-state index contributed by atoms with van der Waals surface area (Å²) in [6.07, 6.45) is 6.42. The average Bonchev–Trinajstić information content (AvgIpc) is 2.64. The number of imidazole rings is 1. The Kier molecular flexibility index (Phi) is 2.87. The van der Waals surface area contributed by atoms with E-state index in [9.17, 15) is 0 Å². The van der Waals surface area contributed by atoms with Gasteiger partial charge in [-0.2, -0.15) is 0 Å². The minimum Gasteiger partial charge on any atom is -0.338 e. The second kappa shape index (κ2) is 4.13. The first-order chi connectivity index (χ1) is 6.83. The topological polar surface area (TPSA) is 29.9 Å². The Morgan fingerprint density at radius 1 is 1.64 bits per heavy atom. The predicted molar refractivity (Wildman–Crippen MR) is 57.2 cm³/mol. The molecule has 0 aliphatic carbocycles. The smallest absolute Gasteiger partial charge is 0.111 e. The van der Waals surface area contributed by atoms with E-state index in [-0.39, 0.29) is 0 Å². The Bertz CT molecular complexity index is 292. The first-order valence-corrected chi connectivity index (χ1v) is 5.51. The molecule has 1 aromatic rings. The predicted octanol–water partition coefficient (Wildman–Crippen LogP) is 1.52. The number of nitrogens with zero attached hydrogens (tertiary/aromatic N) is 2. The monoisotopic (exact) mass is 193 g/mol. The minimum atomic E-state index is 0.654. The lowest BCUT2D eigenvalue weighted by atomic mass is 9.84. The number of piperidine rings is 1. The number of rotatable bonds is 2. The molecule has 2 unspecified atom stereocenters. The van der Waals surface area contributed by atoms with Crippen molar-refractivity contribution in [1.29, 1.82) is 0 Å². The van der Waals surface area contributed by atoms with Crippen molar-refractivity contribution in [2.24, 2.45) is 13.0 Å². The van der Waals surface area contributed by atoms with Gasteiger partial charge < -0.3 is 9.88 Å². The second-order valence-corrected chi connectivity index (χ2v) is 4.16. The molecule has 1 aliphatic rings. The van der Waals surface area contributed by atoms with Crippen LogP contribution in [0.15, 0.2) is 12.4 Å². The fraction of sp³-hybridized carbons (Fsp3) is 0.727. The zero-order valence-corrected chi connectivity index (χ0v) is 9.03. The van der Waals surface area contributed by atoms with E-state index in [1.165, 1.54) is 18.7 Å². The third kappa shape index (κ3) is 1.69. The van der Waals surface area contributed by atoms with Crippen molar-refractivity contribution in [1.82, 2.24) is 14.9 Å². The van der Waals surface area contributed by atoms with E-state index >= 15 is 0 Å². The van der Waals surface area contributed by atoms with Crippen molar-refractivity contribution in [3.63, 3.8) is 0 Å². The van der Waals surface area contributed by atoms with Crippen molar-refractivity contribution in [3.8, 4) is 0 Å². The molecule has 3 heteroatoms. The maximum atomic E-state index is 4.47. The highest BCUT2D eigenvalue weighted by Crippen LogP contribution is 2.30. The van der Waals surface area contributed by atoms with Gasteiger partial charge in [0, 0.05) is 25.4 Å². The largest absolute Gasteiger partial charge is 0.338 e. The van der Waals surface area contributed by atoms with Crippen LogP contribution in [0.3, 0.4) is 0 Å². The number of hydrogen-bond acceptors (Lipinski definition) is 2. The molecule has 0 bridgehead atoms. The van der Waals surface area contributed by atoms with Crippen molar-refractivity contribution >= 4 is 0 Å². The van der Waals surface area contributed by atoms with Crippen LogP contribution < -0.4 is 5.32 Å². The number of hydrogen-bond donors (Lipinski definition) is 1. The van der Waals surface area contributed by atoms with E-state index in [2.05, 4.69) is 28.8 Å². The average molecular weight is 193 g/mol. The lowest BCUT2D eigenvalue weighted by Crippen LogP contribution is -2.36. The highest BCUT2D eigenvalue weighted by Gasteiger charge is 2.27. The Morgan fingerprint density at radius 2 is 2.50 bits per heavy atom. The van der Waals surface area contributed by atoms with Gasteiger partial charge in [-0.05, 0) is 25.4 Å². The summed E-state index contributed by atoms with van der Waals surface area (Å²) in [7, 11) is 2.09. The molecule has 1 saturated heterocycles. The summed E-state index contributed by atoms with van der Waals surface area (Å²) in [5, 5.41) is 3.46. The van der Waals surface area contributed by atoms with Gasteiger partial charge in [0.05, 0.1) is 0 Å². The highest BCUT2D eigenvalue weighted by molar-refractivity contribution is 5.04. The summed E-state index contributed by atoms with van der Waals surface area (Å²) in [5.74, 6) is 2.67. The summed E-state index contributed by atoms with van der Waals surface area (Å²) >= 11 is 0. The molecular weight excluding hydrogens is 174 g/mol. The van der Waals surface area contributed by atoms with Crippen LogP contribution in [0.25, 0.3) is 0 Å². The van der Waals surface area contributed by atoms with Crippen LogP contribution in [-0.2, 0) is 7.05 Å². The first-order valence-electron chi connectivity index (χ1n) is 5.51. The van der Waals surface area contributed by atoms with Gasteiger partial charge in [-0.1, -0.05) is 13.3 Å². The fourth-order valence-electron chi connectivity index (χ4n) is 2.43. The zero-order chi connectivity index (χ0) is 9.97. The molecule has 1 aromatic heterocycles. The van der Waals surface area contributed by atoms with Crippen LogP contribution in [0.2, 0.25) is 0 Å². The van der Waals surface area contributed by atoms with Crippen LogP contribution in [0.5, 0.6) is 0 Å². The minimum absolute atomic E-state index is 0.654. The number of nitrogens with one attached hydrogen (secondary N) is 1. The molecule has 0 aromatic carbocycles. The number of aryl methyl sites for hydroxylation is 1. The molecule has 78 valence electrons. The summed E-state index contributed by atoms with van der Waals surface area (Å²) < 4.78 is 2.17. The fourth-order valence-corrected chi connectivity index (χ4v) is 2.43. The molecule has 0 saturated carbocycles. The Labute approximate surface area is 85.5 Å². The van der Waals surface area contributed by atoms with Gasteiger partial charge in [0.2, 0.25) is 0 Å². The SMILES string of the molecule is CCC1CNCCC1c1nccn1C. The van der Waals surface area contributed by atoms with Gasteiger partial charge in [-0.3, -0.25) is 0 Å². The van der Waals surface area contributed by atoms with E-state index in [1.807, 2.05) is 12.4 Å². The van der Waals surface area contributed by atoms with Gasteiger partial charge in [-0.25, -0.2) is 4.98 Å². The molecule has 14 heavy (non-hydrogen) atoms. The highest BCUT2D eigenvalue weighted by atomic mass is 15.0. The van der Waals surface area contributed by atoms with Gasteiger partial charge in [0.15, 0.2) is 0 Å². The lowest BCUT2D eigenvalue weighted by Gasteiger charge is -2.30. The molecule has 2 heterocycles. The van der Waals surface area contributed by atoms with Crippen LogP contribution in [0.4, 0.5) is 0 Å². The van der Waals surface area contributed by atoms with Gasteiger partial charge in [0.1, 0.15) is 5.82 Å². The Balaban J connectivity index is 2.19. The molecule has 0 spiro atoms. The normalized spacial score (nSPS) is 27.9. The molecule has 0 radical (unpaired) electrons. The quantitative estimate of drug-likeness (QED) is 0.772. The van der Waals surface area contributed by atoms with Gasteiger partial charge in [0.25, 0.3) is 0 Å². The third-order valence-corrected chi connectivity index (χ3v) is 3.32. The third-order valence-electron chi connectivity index (χ3n) is 3.32. The van der Waals surface area contributed by atoms with Crippen LogP contribution in [0, 0.1) is 5.92 Å². The van der Waals surface area contributed by atoms with Crippen molar-refractivity contribution in [2.75, 3.05) is 13.1 Å². The van der Waals surface area contributed by atoms with E-state index in [0.29, 0.717) is 5.92 Å². The molecule has 2 atom stereocenters. The van der Waals surface area contributed by atoms with E-state index in [0.717, 1.165) is 19.0 Å². The molecule has 2 rings (SSSR count). The molecule has 1 fully saturated rings. The van der Waals surface area contributed by atoms with Crippen molar-refractivity contribution in [2.45, 2.75) is 25.7 Å². The summed E-state index contributed by atoms with van der Waals surface area (Å²) in [4.78, 5) is 4.47. The Morgan fingerprint density at radius 3 is 3.14 bits per heavy atom. The zero-order valence-electron chi connectivity index (χ0n) is 9.03. The first kappa shape index (κ1) is 9.71. The van der Waals surface area contributed by atoms with Gasteiger partial charge in [-0.15, -0.1) is 0 Å². The van der Waals surface area contributed by atoms with E-state index in [4.69, 9.17) is 0 Å². The molecular formula is C11H19N3. The standard InChI is InChI=1S/C11H19N3/c1-3-9-8-12-5-4-10(9)11-13-6-7-14(11)2/h6-7,9-10,12H,3-5,8H2,1-2H3. The van der Waals surface area contributed by atoms with Crippen LogP contribution in [0.1, 0.15) is 31.5 Å². The van der Waals surface area contributed by atoms with Crippen molar-refractivity contribution < 1.29 is 0 Å². The van der Waals surface area contributed by atoms with Crippen LogP contribution in [-0.4, -0.2) is 22.6 Å². The number of aromatic nitrogens is 2. The summed E-state index contributed by atoms with van der Waals surface area (Å²) in [6, 6.07) is 0. The van der Waals surface area contributed by atoms with Crippen LogP contribution >= 0.6 is 0 Å². The lowest BCUT2D eigenvalue weighted by molar-refractivity contribution is 0.304. The maximum absolute atomic E-state index is 4.47. The Hall–Kier alpha value is -0.830. The van der Waals surface area contributed by atoms with E-state index in [1.54, 1.807) is 0 Å². The maximum Gasteiger partial charge on any atom is 0.111 e. The molecule has 1 aliphatic heterocycles. The molecule has 0 amide bonds. The molecule has 3 nitrogen and oxygen atoms in total. The summed E-state index contributed by atoms with van der Waals surface area (Å²) in [5.41, 5.74) is 0. The van der Waals surface area contributed by atoms with Crippen molar-refractivity contribution in [3.05, 3.63) is 18.2 Å². The van der Waals surface area contributed by atoms with E-state index < -0.39 is 0 Å². The van der Waals surface area contributed by atoms with Gasteiger partial charge >= 0.3 is 0 Å². The second-order valence-electron chi connectivity index (χ2n) is 4.16. The summed E-state index contributed by atoms with van der Waals surface area (Å²) in [6.45, 7) is 4.55. The molecule has 1 N–H and O–H groups in total.